The molecule has 1 aromatic heterocycles. The van der Waals surface area contributed by atoms with E-state index in [1.165, 1.54) is 6.92 Å². The molecular weight excluding hydrogens is 465 g/mol. The molecule has 2 amide bonds. The molecule has 1 aliphatic heterocycles. The Hall–Kier alpha value is -1.85. The fourth-order valence-corrected chi connectivity index (χ4v) is 5.21. The van der Waals surface area contributed by atoms with Crippen LogP contribution in [0.5, 0.6) is 0 Å². The highest BCUT2D eigenvalue weighted by Gasteiger charge is 2.40. The van der Waals surface area contributed by atoms with Crippen LogP contribution in [0.25, 0.3) is 10.9 Å². The number of nitrogens with one attached hydrogen (secondary N) is 2. The van der Waals surface area contributed by atoms with Gasteiger partial charge in [-0.2, -0.15) is 12.7 Å². The van der Waals surface area contributed by atoms with Gasteiger partial charge in [-0.05, 0) is 37.5 Å². The average molecular weight is 490 g/mol. The van der Waals surface area contributed by atoms with Gasteiger partial charge in [0, 0.05) is 44.5 Å². The molecule has 12 heteroatoms. The van der Waals surface area contributed by atoms with Gasteiger partial charge in [0.15, 0.2) is 0 Å². The van der Waals surface area contributed by atoms with Crippen molar-refractivity contribution in [1.29, 1.82) is 0 Å². The first-order valence-corrected chi connectivity index (χ1v) is 12.0. The number of hydrogen-bond donors (Lipinski definition) is 3. The molecule has 0 saturated carbocycles. The van der Waals surface area contributed by atoms with E-state index in [4.69, 9.17) is 28.3 Å². The molecule has 9 nitrogen and oxygen atoms in total. The van der Waals surface area contributed by atoms with Crippen molar-refractivity contribution in [1.82, 2.24) is 19.5 Å². The predicted octanol–water partition coefficient (Wildman–Crippen LogP) is 1.78. The minimum atomic E-state index is -3.92. The van der Waals surface area contributed by atoms with Crippen LogP contribution in [0.1, 0.15) is 36.7 Å². The number of nitrogens with zero attached hydrogens (tertiary/aromatic N) is 2. The Morgan fingerprint density at radius 1 is 1.29 bits per heavy atom. The second-order valence-electron chi connectivity index (χ2n) is 7.83. The van der Waals surface area contributed by atoms with Crippen molar-refractivity contribution < 1.29 is 18.0 Å². The lowest BCUT2D eigenvalue weighted by atomic mass is 9.86. The zero-order chi connectivity index (χ0) is 23.0. The number of carbonyl (C=O) groups is 2. The Morgan fingerprint density at radius 2 is 2.00 bits per heavy atom. The van der Waals surface area contributed by atoms with Crippen LogP contribution in [-0.2, 0) is 22.1 Å². The first-order valence-electron chi connectivity index (χ1n) is 9.72. The van der Waals surface area contributed by atoms with E-state index in [-0.39, 0.29) is 31.4 Å². The Kier molecular flexibility index (Phi) is 6.87. The van der Waals surface area contributed by atoms with Crippen LogP contribution in [-0.4, -0.2) is 54.3 Å². The highest BCUT2D eigenvalue weighted by Crippen LogP contribution is 2.33. The summed E-state index contributed by atoms with van der Waals surface area (Å²) in [6.45, 7) is 1.98. The number of hydrogen-bond acceptors (Lipinski definition) is 4. The van der Waals surface area contributed by atoms with Crippen molar-refractivity contribution in [2.24, 2.45) is 12.2 Å². The topological polar surface area (TPSA) is 127 Å². The van der Waals surface area contributed by atoms with Gasteiger partial charge in [-0.15, -0.1) is 0 Å². The lowest BCUT2D eigenvalue weighted by Gasteiger charge is -2.42. The van der Waals surface area contributed by atoms with Crippen molar-refractivity contribution in [3.63, 3.8) is 0 Å². The molecular formula is C19H25Cl2N5O4S. The number of aryl methyl sites for hydroxylation is 1. The smallest absolute Gasteiger partial charge is 0.276 e. The first-order chi connectivity index (χ1) is 14.4. The van der Waals surface area contributed by atoms with Crippen molar-refractivity contribution in [3.05, 3.63) is 33.9 Å². The van der Waals surface area contributed by atoms with Crippen molar-refractivity contribution in [3.8, 4) is 0 Å². The predicted molar refractivity (Wildman–Crippen MR) is 120 cm³/mol. The average Bonchev–Trinajstić information content (AvgIpc) is 3.01. The fraction of sp³-hybridized carbons (Fsp3) is 0.474. The second kappa shape index (κ2) is 8.95. The summed E-state index contributed by atoms with van der Waals surface area (Å²) < 4.78 is 26.7. The molecule has 1 aliphatic rings. The summed E-state index contributed by atoms with van der Waals surface area (Å²) >= 11 is 12.4. The normalized spacial score (nSPS) is 20.0. The van der Waals surface area contributed by atoms with E-state index in [1.54, 1.807) is 29.8 Å². The van der Waals surface area contributed by atoms with E-state index in [9.17, 15) is 18.0 Å². The lowest BCUT2D eigenvalue weighted by Crippen LogP contribution is -2.61. The maximum Gasteiger partial charge on any atom is 0.276 e. The van der Waals surface area contributed by atoms with Gasteiger partial charge in [-0.3, -0.25) is 9.59 Å². The maximum atomic E-state index is 13.3. The molecule has 1 aromatic carbocycles. The standard InChI is InChI=1S/C19H25Cl2N5O4S/c1-12(27)23-8-7-19(6-3-9-26(11-19)31(22,29)30)24-18(28)16-10-13-15(25(16)2)5-4-14(20)17(13)21/h4-5,10H,3,6-9,11H2,1-2H3,(H,23,27)(H,24,28)(H2,22,29,30). The van der Waals surface area contributed by atoms with Crippen LogP contribution in [0.15, 0.2) is 18.2 Å². The third-order valence-electron chi connectivity index (χ3n) is 5.60. The van der Waals surface area contributed by atoms with Gasteiger partial charge in [0.05, 0.1) is 15.6 Å². The third kappa shape index (κ3) is 5.15. The molecule has 1 fully saturated rings. The lowest BCUT2D eigenvalue weighted by molar-refractivity contribution is -0.119. The van der Waals surface area contributed by atoms with Gasteiger partial charge >= 0.3 is 0 Å². The summed E-state index contributed by atoms with van der Waals surface area (Å²) in [7, 11) is -2.18. The second-order valence-corrected chi connectivity index (χ2v) is 10.2. The minimum absolute atomic E-state index is 0.0215. The van der Waals surface area contributed by atoms with Crippen molar-refractivity contribution in [2.45, 2.75) is 31.7 Å². The highest BCUT2D eigenvalue weighted by molar-refractivity contribution is 7.86. The van der Waals surface area contributed by atoms with Gasteiger partial charge in [0.1, 0.15) is 5.69 Å². The van der Waals surface area contributed by atoms with Gasteiger partial charge in [0.25, 0.3) is 16.1 Å². The summed E-state index contributed by atoms with van der Waals surface area (Å²) in [5.41, 5.74) is 0.203. The number of benzene rings is 1. The molecule has 31 heavy (non-hydrogen) atoms. The van der Waals surface area contributed by atoms with Crippen LogP contribution < -0.4 is 15.8 Å². The van der Waals surface area contributed by atoms with E-state index >= 15 is 0 Å². The van der Waals surface area contributed by atoms with Crippen LogP contribution in [0.2, 0.25) is 10.0 Å². The van der Waals surface area contributed by atoms with Crippen LogP contribution in [0.3, 0.4) is 0 Å². The Bertz CT molecular complexity index is 1130. The maximum absolute atomic E-state index is 13.3. The number of amides is 2. The van der Waals surface area contributed by atoms with Gasteiger partial charge in [-0.1, -0.05) is 23.2 Å². The number of nitrogens with two attached hydrogens (primary N) is 1. The van der Waals surface area contributed by atoms with E-state index in [1.807, 2.05) is 0 Å². The van der Waals surface area contributed by atoms with Crippen LogP contribution in [0, 0.1) is 0 Å². The van der Waals surface area contributed by atoms with Crippen molar-refractivity contribution in [2.75, 3.05) is 19.6 Å². The van der Waals surface area contributed by atoms with Crippen LogP contribution >= 0.6 is 23.2 Å². The van der Waals surface area contributed by atoms with E-state index < -0.39 is 15.7 Å². The number of halogens is 2. The Balaban J connectivity index is 1.93. The summed E-state index contributed by atoms with van der Waals surface area (Å²) in [6.07, 6.45) is 1.41. The first kappa shape index (κ1) is 23.8. The Morgan fingerprint density at radius 3 is 2.65 bits per heavy atom. The fourth-order valence-electron chi connectivity index (χ4n) is 4.03. The number of rotatable bonds is 6. The quantitative estimate of drug-likeness (QED) is 0.571. The number of fused-ring (bicyclic) bond motifs is 1. The van der Waals surface area contributed by atoms with E-state index in [0.29, 0.717) is 40.4 Å². The molecule has 0 spiro atoms. The minimum Gasteiger partial charge on any atom is -0.356 e. The summed E-state index contributed by atoms with van der Waals surface area (Å²) in [5.74, 6) is -0.592. The highest BCUT2D eigenvalue weighted by atomic mass is 35.5. The molecule has 0 radical (unpaired) electrons. The molecule has 2 heterocycles. The molecule has 1 saturated heterocycles. The monoisotopic (exact) mass is 489 g/mol. The SMILES string of the molecule is CC(=O)NCCC1(NC(=O)c2cc3c(Cl)c(Cl)ccc3n2C)CCCN(S(N)(=O)=O)C1. The Labute approximate surface area is 191 Å². The molecule has 1 unspecified atom stereocenters. The van der Waals surface area contributed by atoms with Crippen LogP contribution in [0.4, 0.5) is 0 Å². The number of piperidine rings is 1. The molecule has 0 aliphatic carbocycles. The molecule has 4 N–H and O–H groups in total. The zero-order valence-electron chi connectivity index (χ0n) is 17.2. The van der Waals surface area contributed by atoms with Gasteiger partial charge in [0.2, 0.25) is 5.91 Å². The molecule has 3 rings (SSSR count). The summed E-state index contributed by atoms with van der Waals surface area (Å²) in [6, 6.07) is 5.09. The number of carbonyl (C=O) groups excluding carboxylic acids is 2. The summed E-state index contributed by atoms with van der Waals surface area (Å²) in [5, 5.41) is 12.4. The third-order valence-corrected chi connectivity index (χ3v) is 7.45. The molecule has 170 valence electrons. The van der Waals surface area contributed by atoms with E-state index in [0.717, 1.165) is 9.82 Å². The molecule has 1 atom stereocenters. The van der Waals surface area contributed by atoms with E-state index in [2.05, 4.69) is 10.6 Å². The van der Waals surface area contributed by atoms with Gasteiger partial charge < -0.3 is 15.2 Å². The molecule has 0 bridgehead atoms. The summed E-state index contributed by atoms with van der Waals surface area (Å²) in [4.78, 5) is 24.6. The number of aromatic nitrogens is 1. The molecule has 2 aromatic rings. The van der Waals surface area contributed by atoms with Gasteiger partial charge in [-0.25, -0.2) is 5.14 Å². The largest absolute Gasteiger partial charge is 0.356 e. The van der Waals surface area contributed by atoms with Crippen molar-refractivity contribution >= 4 is 56.1 Å². The zero-order valence-corrected chi connectivity index (χ0v) is 19.6.